The van der Waals surface area contributed by atoms with Gasteiger partial charge in [0.15, 0.2) is 0 Å². The quantitative estimate of drug-likeness (QED) is 0.245. The molecule has 1 amide bonds. The molecule has 178 valence electrons. The van der Waals surface area contributed by atoms with Gasteiger partial charge < -0.3 is 14.6 Å². The fourth-order valence-electron chi connectivity index (χ4n) is 3.41. The first-order valence-corrected chi connectivity index (χ1v) is 12.1. The summed E-state index contributed by atoms with van der Waals surface area (Å²) in [5.41, 5.74) is 3.04. The molecule has 3 aromatic rings. The molecule has 0 aliphatic rings. The molecule has 34 heavy (non-hydrogen) atoms. The predicted octanol–water partition coefficient (Wildman–Crippen LogP) is 4.68. The van der Waals surface area contributed by atoms with Gasteiger partial charge in [0.05, 0.1) is 13.4 Å². The zero-order valence-corrected chi connectivity index (χ0v) is 20.1. The molecule has 0 aliphatic heterocycles. The molecule has 1 atom stereocenters. The molecular weight excluding hydrogens is 453 g/mol. The maximum atomic E-state index is 13.5. The maximum Gasteiger partial charge on any atom is 0.328 e. The fraction of sp³-hybridized carbons (Fsp3) is 0.269. The van der Waals surface area contributed by atoms with Crippen LogP contribution in [0.25, 0.3) is 11.6 Å². The van der Waals surface area contributed by atoms with Crippen LogP contribution in [0.1, 0.15) is 34.8 Å². The summed E-state index contributed by atoms with van der Waals surface area (Å²) >= 11 is 1.70. The molecule has 0 saturated heterocycles. The van der Waals surface area contributed by atoms with Gasteiger partial charge in [-0.15, -0.1) is 0 Å². The Kier molecular flexibility index (Phi) is 9.46. The van der Waals surface area contributed by atoms with Gasteiger partial charge in [-0.3, -0.25) is 4.79 Å². The van der Waals surface area contributed by atoms with Crippen molar-refractivity contribution < 1.29 is 18.7 Å². The number of methoxy groups -OCH3 is 1. The normalized spacial score (nSPS) is 12.3. The average Bonchev–Trinajstić information content (AvgIpc) is 3.36. The van der Waals surface area contributed by atoms with Gasteiger partial charge in [-0.05, 0) is 65.0 Å². The Morgan fingerprint density at radius 1 is 1.21 bits per heavy atom. The van der Waals surface area contributed by atoms with Crippen molar-refractivity contribution in [2.45, 2.75) is 25.9 Å². The summed E-state index contributed by atoms with van der Waals surface area (Å²) < 4.78 is 20.2. The van der Waals surface area contributed by atoms with E-state index in [1.54, 1.807) is 54.6 Å². The number of carbonyl (C=O) groups is 2. The minimum absolute atomic E-state index is 0.304. The number of rotatable bonds is 11. The SMILES string of the molecule is CCSCC[C@H](NC(=O)c1cccc(C=C(Cn2ccnc2)c2ccc(F)cc2)c1)C(=O)OC. The summed E-state index contributed by atoms with van der Waals surface area (Å²) in [7, 11) is 1.32. The van der Waals surface area contributed by atoms with Crippen molar-refractivity contribution >= 4 is 35.3 Å². The minimum atomic E-state index is -0.702. The van der Waals surface area contributed by atoms with Crippen LogP contribution in [0.3, 0.4) is 0 Å². The Bertz CT molecular complexity index is 1110. The van der Waals surface area contributed by atoms with Gasteiger partial charge in [0.2, 0.25) is 0 Å². The third-order valence-corrected chi connectivity index (χ3v) is 6.10. The highest BCUT2D eigenvalue weighted by atomic mass is 32.2. The zero-order valence-electron chi connectivity index (χ0n) is 19.2. The number of benzene rings is 2. The molecule has 0 spiro atoms. The van der Waals surface area contributed by atoms with Crippen molar-refractivity contribution in [2.75, 3.05) is 18.6 Å². The van der Waals surface area contributed by atoms with Gasteiger partial charge in [-0.2, -0.15) is 11.8 Å². The fourth-order valence-corrected chi connectivity index (χ4v) is 4.10. The van der Waals surface area contributed by atoms with Crippen LogP contribution in [0.4, 0.5) is 4.39 Å². The van der Waals surface area contributed by atoms with E-state index in [9.17, 15) is 14.0 Å². The van der Waals surface area contributed by atoms with E-state index >= 15 is 0 Å². The van der Waals surface area contributed by atoms with E-state index in [2.05, 4.69) is 10.3 Å². The molecule has 0 aliphatic carbocycles. The van der Waals surface area contributed by atoms with E-state index in [-0.39, 0.29) is 11.7 Å². The summed E-state index contributed by atoms with van der Waals surface area (Å²) in [5.74, 6) is 0.576. The van der Waals surface area contributed by atoms with Crippen molar-refractivity contribution in [1.29, 1.82) is 0 Å². The smallest absolute Gasteiger partial charge is 0.328 e. The highest BCUT2D eigenvalue weighted by Crippen LogP contribution is 2.22. The third-order valence-electron chi connectivity index (χ3n) is 5.16. The van der Waals surface area contributed by atoms with Gasteiger partial charge in [-0.25, -0.2) is 14.2 Å². The van der Waals surface area contributed by atoms with E-state index in [1.807, 2.05) is 29.8 Å². The Hall–Kier alpha value is -3.39. The molecule has 0 fully saturated rings. The molecule has 0 saturated carbocycles. The van der Waals surface area contributed by atoms with Crippen LogP contribution < -0.4 is 5.32 Å². The van der Waals surface area contributed by atoms with Crippen LogP contribution in [-0.4, -0.2) is 46.1 Å². The van der Waals surface area contributed by atoms with E-state index in [0.29, 0.717) is 18.5 Å². The lowest BCUT2D eigenvalue weighted by molar-refractivity contribution is -0.142. The molecule has 0 bridgehead atoms. The number of esters is 1. The van der Waals surface area contributed by atoms with Gasteiger partial charge >= 0.3 is 5.97 Å². The van der Waals surface area contributed by atoms with E-state index < -0.39 is 12.0 Å². The van der Waals surface area contributed by atoms with Crippen LogP contribution in [0, 0.1) is 5.82 Å². The number of hydrogen-bond acceptors (Lipinski definition) is 5. The van der Waals surface area contributed by atoms with Gasteiger partial charge in [0.25, 0.3) is 5.91 Å². The number of nitrogens with one attached hydrogen (secondary N) is 1. The first-order valence-electron chi connectivity index (χ1n) is 11.0. The van der Waals surface area contributed by atoms with E-state index in [4.69, 9.17) is 4.74 Å². The molecule has 1 N–H and O–H groups in total. The number of ether oxygens (including phenoxy) is 1. The van der Waals surface area contributed by atoms with Crippen LogP contribution in [-0.2, 0) is 16.1 Å². The number of halogens is 1. The number of hydrogen-bond donors (Lipinski definition) is 1. The topological polar surface area (TPSA) is 73.2 Å². The molecule has 8 heteroatoms. The second-order valence-corrected chi connectivity index (χ2v) is 8.97. The molecule has 2 aromatic carbocycles. The molecule has 3 rings (SSSR count). The predicted molar refractivity (Wildman–Crippen MR) is 134 cm³/mol. The monoisotopic (exact) mass is 481 g/mol. The van der Waals surface area contributed by atoms with Gasteiger partial charge in [0.1, 0.15) is 11.9 Å². The zero-order chi connectivity index (χ0) is 24.3. The molecule has 1 aromatic heterocycles. The van der Waals surface area contributed by atoms with E-state index in [1.165, 1.54) is 19.2 Å². The lowest BCUT2D eigenvalue weighted by Gasteiger charge is -2.16. The summed E-state index contributed by atoms with van der Waals surface area (Å²) in [4.78, 5) is 29.1. The molecule has 6 nitrogen and oxygen atoms in total. The first kappa shape index (κ1) is 25.2. The Morgan fingerprint density at radius 3 is 2.68 bits per heavy atom. The average molecular weight is 482 g/mol. The lowest BCUT2D eigenvalue weighted by atomic mass is 10.0. The van der Waals surface area contributed by atoms with Gasteiger partial charge in [0, 0.05) is 24.5 Å². The van der Waals surface area contributed by atoms with Crippen molar-refractivity contribution in [2.24, 2.45) is 0 Å². The van der Waals surface area contributed by atoms with Crippen molar-refractivity contribution in [3.05, 3.63) is 89.8 Å². The first-order chi connectivity index (χ1) is 16.5. The van der Waals surface area contributed by atoms with Crippen molar-refractivity contribution in [3.63, 3.8) is 0 Å². The largest absolute Gasteiger partial charge is 0.467 e. The van der Waals surface area contributed by atoms with Crippen LogP contribution >= 0.6 is 11.8 Å². The van der Waals surface area contributed by atoms with E-state index in [0.717, 1.165) is 28.2 Å². The highest BCUT2D eigenvalue weighted by Gasteiger charge is 2.22. The lowest BCUT2D eigenvalue weighted by Crippen LogP contribution is -2.42. The molecule has 0 radical (unpaired) electrons. The Labute approximate surface area is 203 Å². The number of imidazole rings is 1. The molecular formula is C26H28FN3O3S. The van der Waals surface area contributed by atoms with Crippen LogP contribution in [0.2, 0.25) is 0 Å². The Balaban J connectivity index is 1.84. The maximum absolute atomic E-state index is 13.5. The van der Waals surface area contributed by atoms with Crippen molar-refractivity contribution in [3.8, 4) is 0 Å². The second kappa shape index (κ2) is 12.7. The van der Waals surface area contributed by atoms with Gasteiger partial charge in [-0.1, -0.05) is 31.2 Å². The molecule has 1 heterocycles. The number of carbonyl (C=O) groups excluding carboxylic acids is 2. The van der Waals surface area contributed by atoms with Crippen molar-refractivity contribution in [1.82, 2.24) is 14.9 Å². The number of nitrogens with zero attached hydrogens (tertiary/aromatic N) is 2. The summed E-state index contributed by atoms with van der Waals surface area (Å²) in [6.07, 6.45) is 7.72. The second-order valence-electron chi connectivity index (χ2n) is 7.57. The number of aromatic nitrogens is 2. The highest BCUT2D eigenvalue weighted by molar-refractivity contribution is 7.99. The summed E-state index contributed by atoms with van der Waals surface area (Å²) in [6.45, 7) is 2.57. The Morgan fingerprint density at radius 2 is 2.00 bits per heavy atom. The van der Waals surface area contributed by atoms with Crippen LogP contribution in [0.5, 0.6) is 0 Å². The van der Waals surface area contributed by atoms with Crippen LogP contribution in [0.15, 0.2) is 67.3 Å². The third kappa shape index (κ3) is 7.31. The summed E-state index contributed by atoms with van der Waals surface area (Å²) in [5, 5.41) is 2.80. The number of thioether (sulfide) groups is 1. The summed E-state index contributed by atoms with van der Waals surface area (Å²) in [6, 6.07) is 12.7. The number of allylic oxidation sites excluding steroid dienone is 1. The number of amides is 1. The standard InChI is InChI=1S/C26H28FN3O3S/c1-3-34-14-11-24(26(32)33-2)29-25(31)21-6-4-5-19(15-21)16-22(17-30-13-12-28-18-30)20-7-9-23(27)10-8-20/h4-10,12-13,15-16,18,24H,3,11,14,17H2,1-2H3,(H,29,31)/t24-/m0/s1. The minimum Gasteiger partial charge on any atom is -0.467 e. The molecule has 0 unspecified atom stereocenters.